The van der Waals surface area contributed by atoms with Gasteiger partial charge in [0.2, 0.25) is 0 Å². The van der Waals surface area contributed by atoms with Crippen LogP contribution in [0.2, 0.25) is 0 Å². The van der Waals surface area contributed by atoms with Crippen molar-refractivity contribution >= 4 is 5.69 Å². The van der Waals surface area contributed by atoms with Crippen LogP contribution in [0.5, 0.6) is 5.75 Å². The number of nitro benzene ring substituents is 1. The van der Waals surface area contributed by atoms with E-state index in [1.165, 1.54) is 6.07 Å². The van der Waals surface area contributed by atoms with E-state index >= 15 is 0 Å². The van der Waals surface area contributed by atoms with Gasteiger partial charge in [0.15, 0.2) is 5.75 Å². The molecular formula is C11H15NO4. The number of nitrogens with zero attached hydrogens (tertiary/aromatic N) is 1. The lowest BCUT2D eigenvalue weighted by Crippen LogP contribution is -2.28. The summed E-state index contributed by atoms with van der Waals surface area (Å²) in [7, 11) is 0. The smallest absolute Gasteiger partial charge is 0.311 e. The van der Waals surface area contributed by atoms with Crippen molar-refractivity contribution in [1.82, 2.24) is 0 Å². The molecule has 5 nitrogen and oxygen atoms in total. The lowest BCUT2D eigenvalue weighted by Gasteiger charge is -2.18. The first-order valence-electron chi connectivity index (χ1n) is 4.90. The van der Waals surface area contributed by atoms with Gasteiger partial charge in [0.1, 0.15) is 6.61 Å². The van der Waals surface area contributed by atoms with Crippen molar-refractivity contribution in [2.45, 2.75) is 26.4 Å². The Labute approximate surface area is 93.8 Å². The van der Waals surface area contributed by atoms with Crippen molar-refractivity contribution in [3.05, 3.63) is 33.9 Å². The number of aliphatic hydroxyl groups is 1. The van der Waals surface area contributed by atoms with Crippen molar-refractivity contribution in [3.8, 4) is 5.75 Å². The van der Waals surface area contributed by atoms with Gasteiger partial charge < -0.3 is 9.84 Å². The van der Waals surface area contributed by atoms with Gasteiger partial charge in [-0.15, -0.1) is 0 Å². The standard InChI is InChI=1S/C11H15NO4/c1-8-5-4-6-9(12(14)15)10(8)16-7-11(2,3)13/h4-6,13H,7H2,1-3H3. The molecule has 0 atom stereocenters. The van der Waals surface area contributed by atoms with Crippen LogP contribution in [0.15, 0.2) is 18.2 Å². The Morgan fingerprint density at radius 3 is 2.62 bits per heavy atom. The van der Waals surface area contributed by atoms with Crippen LogP contribution in [0.3, 0.4) is 0 Å². The second kappa shape index (κ2) is 4.49. The molecule has 0 aliphatic rings. The maximum absolute atomic E-state index is 10.8. The monoisotopic (exact) mass is 225 g/mol. The SMILES string of the molecule is Cc1cccc([N+](=O)[O-])c1OCC(C)(C)O. The fourth-order valence-corrected chi connectivity index (χ4v) is 1.22. The van der Waals surface area contributed by atoms with Gasteiger partial charge in [0.25, 0.3) is 0 Å². The van der Waals surface area contributed by atoms with E-state index in [-0.39, 0.29) is 18.0 Å². The second-order valence-electron chi connectivity index (χ2n) is 4.28. The lowest BCUT2D eigenvalue weighted by atomic mass is 10.1. The molecule has 0 saturated heterocycles. The molecule has 1 aromatic carbocycles. The Hall–Kier alpha value is -1.62. The predicted molar refractivity (Wildman–Crippen MR) is 59.6 cm³/mol. The number of ether oxygens (including phenoxy) is 1. The van der Waals surface area contributed by atoms with E-state index in [1.54, 1.807) is 32.9 Å². The van der Waals surface area contributed by atoms with Gasteiger partial charge in [-0.1, -0.05) is 12.1 Å². The number of hydrogen-bond donors (Lipinski definition) is 1. The summed E-state index contributed by atoms with van der Waals surface area (Å²) in [5.41, 5.74) is -0.418. The minimum Gasteiger partial charge on any atom is -0.484 e. The Morgan fingerprint density at radius 2 is 2.12 bits per heavy atom. The largest absolute Gasteiger partial charge is 0.484 e. The molecule has 88 valence electrons. The van der Waals surface area contributed by atoms with E-state index in [4.69, 9.17) is 4.74 Å². The van der Waals surface area contributed by atoms with Crippen LogP contribution < -0.4 is 4.74 Å². The molecule has 0 radical (unpaired) electrons. The summed E-state index contributed by atoms with van der Waals surface area (Å²) in [6.07, 6.45) is 0. The molecule has 1 rings (SSSR count). The molecule has 1 aromatic rings. The maximum atomic E-state index is 10.8. The minimum atomic E-state index is -1.02. The highest BCUT2D eigenvalue weighted by atomic mass is 16.6. The molecule has 0 saturated carbocycles. The summed E-state index contributed by atoms with van der Waals surface area (Å²) in [5.74, 6) is 0.217. The molecule has 0 amide bonds. The predicted octanol–water partition coefficient (Wildman–Crippen LogP) is 2.05. The topological polar surface area (TPSA) is 72.6 Å². The third-order valence-electron chi connectivity index (χ3n) is 1.96. The van der Waals surface area contributed by atoms with Gasteiger partial charge in [-0.05, 0) is 26.3 Å². The number of benzene rings is 1. The van der Waals surface area contributed by atoms with Crippen molar-refractivity contribution in [3.63, 3.8) is 0 Å². The summed E-state index contributed by atoms with van der Waals surface area (Å²) in [5, 5.41) is 20.3. The van der Waals surface area contributed by atoms with Crippen LogP contribution in [0.25, 0.3) is 0 Å². The molecule has 0 unspecified atom stereocenters. The number of hydrogen-bond acceptors (Lipinski definition) is 4. The Kier molecular flexibility index (Phi) is 3.49. The Morgan fingerprint density at radius 1 is 1.50 bits per heavy atom. The van der Waals surface area contributed by atoms with E-state index in [1.807, 2.05) is 0 Å². The molecule has 0 aliphatic heterocycles. The summed E-state index contributed by atoms with van der Waals surface area (Å²) in [6.45, 7) is 4.90. The molecule has 0 aromatic heterocycles. The van der Waals surface area contributed by atoms with E-state index in [9.17, 15) is 15.2 Å². The number of nitro groups is 1. The Balaban J connectivity index is 2.98. The normalized spacial score (nSPS) is 11.2. The van der Waals surface area contributed by atoms with Gasteiger partial charge in [-0.3, -0.25) is 10.1 Å². The number of para-hydroxylation sites is 1. The highest BCUT2D eigenvalue weighted by Gasteiger charge is 2.20. The zero-order chi connectivity index (χ0) is 12.3. The molecule has 0 spiro atoms. The summed E-state index contributed by atoms with van der Waals surface area (Å²) in [6, 6.07) is 4.71. The molecule has 0 fully saturated rings. The van der Waals surface area contributed by atoms with Crippen LogP contribution >= 0.6 is 0 Å². The molecule has 0 aliphatic carbocycles. The summed E-state index contributed by atoms with van der Waals surface area (Å²) >= 11 is 0. The molecular weight excluding hydrogens is 210 g/mol. The molecule has 0 bridgehead atoms. The van der Waals surface area contributed by atoms with Crippen LogP contribution in [0.1, 0.15) is 19.4 Å². The first-order valence-corrected chi connectivity index (χ1v) is 4.90. The minimum absolute atomic E-state index is 0.0126. The fourth-order valence-electron chi connectivity index (χ4n) is 1.22. The van der Waals surface area contributed by atoms with E-state index in [0.717, 1.165) is 0 Å². The highest BCUT2D eigenvalue weighted by Crippen LogP contribution is 2.30. The zero-order valence-electron chi connectivity index (χ0n) is 9.56. The van der Waals surface area contributed by atoms with E-state index in [2.05, 4.69) is 0 Å². The average molecular weight is 225 g/mol. The molecule has 16 heavy (non-hydrogen) atoms. The van der Waals surface area contributed by atoms with Crippen LogP contribution in [-0.2, 0) is 0 Å². The second-order valence-corrected chi connectivity index (χ2v) is 4.28. The van der Waals surface area contributed by atoms with Gasteiger partial charge in [0.05, 0.1) is 10.5 Å². The van der Waals surface area contributed by atoms with Gasteiger partial charge >= 0.3 is 5.69 Å². The van der Waals surface area contributed by atoms with Crippen molar-refractivity contribution < 1.29 is 14.8 Å². The first-order chi connectivity index (χ1) is 7.31. The van der Waals surface area contributed by atoms with E-state index in [0.29, 0.717) is 5.56 Å². The number of rotatable bonds is 4. The van der Waals surface area contributed by atoms with Crippen molar-refractivity contribution in [2.24, 2.45) is 0 Å². The summed E-state index contributed by atoms with van der Waals surface area (Å²) < 4.78 is 5.30. The van der Waals surface area contributed by atoms with Crippen LogP contribution in [-0.4, -0.2) is 22.2 Å². The van der Waals surface area contributed by atoms with Gasteiger partial charge in [-0.25, -0.2) is 0 Å². The highest BCUT2D eigenvalue weighted by molar-refractivity contribution is 5.51. The molecule has 5 heteroatoms. The van der Waals surface area contributed by atoms with Crippen molar-refractivity contribution in [1.29, 1.82) is 0 Å². The van der Waals surface area contributed by atoms with Crippen molar-refractivity contribution in [2.75, 3.05) is 6.61 Å². The van der Waals surface area contributed by atoms with Gasteiger partial charge in [0, 0.05) is 6.07 Å². The third-order valence-corrected chi connectivity index (χ3v) is 1.96. The zero-order valence-corrected chi connectivity index (χ0v) is 9.56. The third kappa shape index (κ3) is 3.20. The molecule has 1 N–H and O–H groups in total. The van der Waals surface area contributed by atoms with Gasteiger partial charge in [-0.2, -0.15) is 0 Å². The first kappa shape index (κ1) is 12.4. The van der Waals surface area contributed by atoms with E-state index < -0.39 is 10.5 Å². The Bertz CT molecular complexity index is 395. The van der Waals surface area contributed by atoms with Crippen LogP contribution in [0, 0.1) is 17.0 Å². The summed E-state index contributed by atoms with van der Waals surface area (Å²) in [4.78, 5) is 10.3. The van der Waals surface area contributed by atoms with Crippen LogP contribution in [0.4, 0.5) is 5.69 Å². The maximum Gasteiger partial charge on any atom is 0.311 e. The average Bonchev–Trinajstić information content (AvgIpc) is 2.13. The quantitative estimate of drug-likeness (QED) is 0.628. The molecule has 0 heterocycles. The fraction of sp³-hybridized carbons (Fsp3) is 0.455. The number of aryl methyl sites for hydroxylation is 1. The lowest BCUT2D eigenvalue weighted by molar-refractivity contribution is -0.386.